The molecule has 1 saturated heterocycles. The van der Waals surface area contributed by atoms with Crippen LogP contribution in [0.4, 0.5) is 0 Å². The van der Waals surface area contributed by atoms with Crippen molar-refractivity contribution in [2.24, 2.45) is 5.92 Å². The average Bonchev–Trinajstić information content (AvgIpc) is 3.02. The Morgan fingerprint density at radius 3 is 2.71 bits per heavy atom. The third kappa shape index (κ3) is 3.60. The molecule has 28 heavy (non-hydrogen) atoms. The number of benzene rings is 1. The van der Waals surface area contributed by atoms with Crippen molar-refractivity contribution >= 4 is 17.9 Å². The molecule has 3 rings (SSSR count). The third-order valence-corrected chi connectivity index (χ3v) is 5.26. The fourth-order valence-corrected chi connectivity index (χ4v) is 3.92. The van der Waals surface area contributed by atoms with Crippen molar-refractivity contribution in [3.8, 4) is 5.75 Å². The van der Waals surface area contributed by atoms with Crippen LogP contribution in [-0.2, 0) is 27.3 Å². The summed E-state index contributed by atoms with van der Waals surface area (Å²) in [4.78, 5) is 35.2. The van der Waals surface area contributed by atoms with Crippen molar-refractivity contribution in [2.75, 3.05) is 20.3 Å². The van der Waals surface area contributed by atoms with Crippen LogP contribution in [0.3, 0.4) is 0 Å². The molecule has 0 amide bonds. The minimum atomic E-state index is -1.23. The SMILES string of the molecule is COc1c(C)c2c(c(C(=O)O)c1CC=C1CCOCC1CC(=O)O)C(=O)OC2. The van der Waals surface area contributed by atoms with Gasteiger partial charge < -0.3 is 24.4 Å². The summed E-state index contributed by atoms with van der Waals surface area (Å²) >= 11 is 0. The van der Waals surface area contributed by atoms with Crippen LogP contribution in [0.1, 0.15) is 50.2 Å². The van der Waals surface area contributed by atoms with E-state index >= 15 is 0 Å². The highest BCUT2D eigenvalue weighted by Gasteiger charge is 2.34. The zero-order chi connectivity index (χ0) is 20.4. The second kappa shape index (κ2) is 8.02. The normalized spacial score (nSPS) is 20.0. The van der Waals surface area contributed by atoms with Crippen LogP contribution in [-0.4, -0.2) is 48.4 Å². The maximum atomic E-state index is 12.2. The number of carboxylic acid groups (broad SMARTS) is 2. The van der Waals surface area contributed by atoms with E-state index in [1.54, 1.807) is 6.92 Å². The third-order valence-electron chi connectivity index (χ3n) is 5.26. The summed E-state index contributed by atoms with van der Waals surface area (Å²) in [6.45, 7) is 2.59. The lowest BCUT2D eigenvalue weighted by Gasteiger charge is -2.25. The first-order valence-corrected chi connectivity index (χ1v) is 8.96. The van der Waals surface area contributed by atoms with E-state index in [0.29, 0.717) is 42.1 Å². The Kier molecular flexibility index (Phi) is 5.69. The maximum Gasteiger partial charge on any atom is 0.339 e. The molecule has 2 aliphatic rings. The van der Waals surface area contributed by atoms with Gasteiger partial charge in [0.15, 0.2) is 0 Å². The molecule has 2 heterocycles. The molecule has 2 aliphatic heterocycles. The quantitative estimate of drug-likeness (QED) is 0.561. The van der Waals surface area contributed by atoms with E-state index in [9.17, 15) is 19.5 Å². The van der Waals surface area contributed by atoms with Gasteiger partial charge >= 0.3 is 17.9 Å². The molecule has 0 spiro atoms. The lowest BCUT2D eigenvalue weighted by molar-refractivity contribution is -0.138. The van der Waals surface area contributed by atoms with Gasteiger partial charge in [-0.25, -0.2) is 9.59 Å². The van der Waals surface area contributed by atoms with Crippen molar-refractivity contribution in [1.82, 2.24) is 0 Å². The minimum Gasteiger partial charge on any atom is -0.496 e. The molecule has 8 heteroatoms. The zero-order valence-corrected chi connectivity index (χ0v) is 15.7. The number of methoxy groups -OCH3 is 1. The van der Waals surface area contributed by atoms with Crippen LogP contribution in [0.2, 0.25) is 0 Å². The first-order valence-electron chi connectivity index (χ1n) is 8.96. The van der Waals surface area contributed by atoms with Crippen molar-refractivity contribution in [3.63, 3.8) is 0 Å². The molecule has 150 valence electrons. The van der Waals surface area contributed by atoms with E-state index in [0.717, 1.165) is 5.57 Å². The number of allylic oxidation sites excluding steroid dienone is 1. The summed E-state index contributed by atoms with van der Waals surface area (Å²) in [5, 5.41) is 18.9. The first kappa shape index (κ1) is 19.9. The van der Waals surface area contributed by atoms with Gasteiger partial charge in [-0.2, -0.15) is 0 Å². The molecule has 0 aromatic heterocycles. The van der Waals surface area contributed by atoms with Gasteiger partial charge in [0.05, 0.1) is 37.9 Å². The van der Waals surface area contributed by atoms with Gasteiger partial charge in [-0.15, -0.1) is 0 Å². The summed E-state index contributed by atoms with van der Waals surface area (Å²) in [6.07, 6.45) is 2.57. The number of hydrogen-bond donors (Lipinski definition) is 2. The highest BCUT2D eigenvalue weighted by Crippen LogP contribution is 2.38. The molecular formula is C20H22O8. The van der Waals surface area contributed by atoms with Crippen LogP contribution < -0.4 is 4.74 Å². The number of rotatable bonds is 6. The lowest BCUT2D eigenvalue weighted by Crippen LogP contribution is -2.23. The van der Waals surface area contributed by atoms with Gasteiger partial charge in [-0.3, -0.25) is 4.79 Å². The molecule has 1 aromatic carbocycles. The van der Waals surface area contributed by atoms with Crippen molar-refractivity contribution < 1.29 is 38.8 Å². The van der Waals surface area contributed by atoms with Gasteiger partial charge in [0.2, 0.25) is 0 Å². The van der Waals surface area contributed by atoms with E-state index in [-0.39, 0.29) is 36.5 Å². The average molecular weight is 390 g/mol. The number of carboxylic acids is 2. The number of carbonyl (C=O) groups is 3. The van der Waals surface area contributed by atoms with Crippen LogP contribution in [0.5, 0.6) is 5.75 Å². The Balaban J connectivity index is 2.07. The van der Waals surface area contributed by atoms with Gasteiger partial charge in [0.25, 0.3) is 0 Å². The molecule has 2 N–H and O–H groups in total. The second-order valence-electron chi connectivity index (χ2n) is 6.85. The monoisotopic (exact) mass is 390 g/mol. The number of ether oxygens (including phenoxy) is 3. The number of cyclic esters (lactones) is 1. The standard InChI is InChI=1S/C20H22O8/c1-10-14-9-28-20(25)17(14)16(19(23)24)13(18(10)26-2)4-3-11-5-6-27-8-12(11)7-15(21)22/h3,12H,4-9H2,1-2H3,(H,21,22)(H,23,24). The number of hydrogen-bond acceptors (Lipinski definition) is 6. The lowest BCUT2D eigenvalue weighted by atomic mass is 9.87. The fourth-order valence-electron chi connectivity index (χ4n) is 3.92. The van der Waals surface area contributed by atoms with Gasteiger partial charge in [-0.05, 0) is 25.3 Å². The summed E-state index contributed by atoms with van der Waals surface area (Å²) in [7, 11) is 1.45. The van der Waals surface area contributed by atoms with Gasteiger partial charge in [0, 0.05) is 17.0 Å². The van der Waals surface area contributed by atoms with Crippen LogP contribution in [0.25, 0.3) is 0 Å². The Hall–Kier alpha value is -2.87. The summed E-state index contributed by atoms with van der Waals surface area (Å²) in [5.74, 6) is -2.64. The first-order chi connectivity index (χ1) is 13.3. The van der Waals surface area contributed by atoms with Crippen LogP contribution in [0, 0.1) is 12.8 Å². The molecule has 0 radical (unpaired) electrons. The minimum absolute atomic E-state index is 0.0238. The number of aliphatic carboxylic acids is 1. The largest absolute Gasteiger partial charge is 0.496 e. The summed E-state index contributed by atoms with van der Waals surface area (Å²) in [6, 6.07) is 0. The number of esters is 1. The molecular weight excluding hydrogens is 368 g/mol. The van der Waals surface area contributed by atoms with E-state index in [1.165, 1.54) is 7.11 Å². The molecule has 0 saturated carbocycles. The zero-order valence-electron chi connectivity index (χ0n) is 15.7. The van der Waals surface area contributed by atoms with Crippen LogP contribution >= 0.6 is 0 Å². The van der Waals surface area contributed by atoms with E-state index in [4.69, 9.17) is 19.3 Å². The topological polar surface area (TPSA) is 119 Å². The number of aromatic carboxylic acids is 1. The van der Waals surface area contributed by atoms with Crippen molar-refractivity contribution in [3.05, 3.63) is 39.5 Å². The number of fused-ring (bicyclic) bond motifs is 1. The Bertz CT molecular complexity index is 868. The molecule has 1 fully saturated rings. The smallest absolute Gasteiger partial charge is 0.339 e. The molecule has 0 aliphatic carbocycles. The summed E-state index contributed by atoms with van der Waals surface area (Å²) in [5.41, 5.74) is 2.47. The fraction of sp³-hybridized carbons (Fsp3) is 0.450. The highest BCUT2D eigenvalue weighted by molar-refractivity contribution is 6.07. The predicted octanol–water partition coefficient (Wildman–Crippen LogP) is 2.35. The molecule has 1 atom stereocenters. The van der Waals surface area contributed by atoms with Crippen molar-refractivity contribution in [2.45, 2.75) is 32.8 Å². The van der Waals surface area contributed by atoms with Gasteiger partial charge in [0.1, 0.15) is 12.4 Å². The summed E-state index contributed by atoms with van der Waals surface area (Å²) < 4.78 is 15.9. The second-order valence-corrected chi connectivity index (χ2v) is 6.85. The number of carbonyl (C=O) groups excluding carboxylic acids is 1. The molecule has 1 unspecified atom stereocenters. The van der Waals surface area contributed by atoms with Crippen molar-refractivity contribution in [1.29, 1.82) is 0 Å². The van der Waals surface area contributed by atoms with E-state index in [2.05, 4.69) is 0 Å². The van der Waals surface area contributed by atoms with E-state index < -0.39 is 17.9 Å². The maximum absolute atomic E-state index is 12.2. The molecule has 0 bridgehead atoms. The Morgan fingerprint density at radius 1 is 1.32 bits per heavy atom. The highest BCUT2D eigenvalue weighted by atomic mass is 16.5. The Labute approximate surface area is 161 Å². The van der Waals surface area contributed by atoms with E-state index in [1.807, 2.05) is 6.08 Å². The van der Waals surface area contributed by atoms with Crippen LogP contribution in [0.15, 0.2) is 11.6 Å². The van der Waals surface area contributed by atoms with Gasteiger partial charge in [-0.1, -0.05) is 11.6 Å². The Morgan fingerprint density at radius 2 is 2.07 bits per heavy atom. The predicted molar refractivity (Wildman–Crippen MR) is 96.8 cm³/mol. The molecule has 1 aromatic rings. The molecule has 8 nitrogen and oxygen atoms in total.